The number of anilines is 1. The molecule has 4 rings (SSSR count). The summed E-state index contributed by atoms with van der Waals surface area (Å²) in [7, 11) is 1.33. The summed E-state index contributed by atoms with van der Waals surface area (Å²) in [6, 6.07) is -0.474. The van der Waals surface area contributed by atoms with E-state index in [0.29, 0.717) is 17.5 Å². The summed E-state index contributed by atoms with van der Waals surface area (Å²) in [6.07, 6.45) is 2.51. The number of methoxy groups -OCH3 is 1. The first-order chi connectivity index (χ1) is 17.8. The second-order valence-corrected chi connectivity index (χ2v) is 11.1. The Kier molecular flexibility index (Phi) is 7.62. The topological polar surface area (TPSA) is 107 Å². The largest absolute Gasteiger partial charge is 0.481 e. The maximum absolute atomic E-state index is 13.5. The van der Waals surface area contributed by atoms with E-state index >= 15 is 0 Å². The van der Waals surface area contributed by atoms with Crippen molar-refractivity contribution in [3.63, 3.8) is 0 Å². The van der Waals surface area contributed by atoms with Gasteiger partial charge in [0.1, 0.15) is 11.6 Å². The zero-order valence-corrected chi connectivity index (χ0v) is 22.1. The summed E-state index contributed by atoms with van der Waals surface area (Å²) in [5.41, 5.74) is -1.07. The molecule has 0 aromatic carbocycles. The zero-order chi connectivity index (χ0) is 27.8. The number of carbonyl (C=O) groups is 2. The lowest BCUT2D eigenvalue weighted by Gasteiger charge is -2.28. The van der Waals surface area contributed by atoms with Gasteiger partial charge in [0.15, 0.2) is 0 Å². The average Bonchev–Trinajstić information content (AvgIpc) is 3.76. The van der Waals surface area contributed by atoms with Crippen molar-refractivity contribution in [3.05, 3.63) is 35.8 Å². The fourth-order valence-corrected chi connectivity index (χ4v) is 4.73. The van der Waals surface area contributed by atoms with Crippen molar-refractivity contribution in [1.82, 2.24) is 20.1 Å². The van der Waals surface area contributed by atoms with Gasteiger partial charge in [-0.1, -0.05) is 0 Å². The smallest absolute Gasteiger partial charge is 0.417 e. The molecule has 0 bridgehead atoms. The Hall–Kier alpha value is -3.31. The van der Waals surface area contributed by atoms with E-state index in [9.17, 15) is 22.8 Å². The number of ether oxygens (including phenoxy) is 2. The summed E-state index contributed by atoms with van der Waals surface area (Å²) < 4.78 is 51.8. The number of hydrogen-bond acceptors (Lipinski definition) is 6. The van der Waals surface area contributed by atoms with E-state index in [0.717, 1.165) is 37.9 Å². The second-order valence-electron chi connectivity index (χ2n) is 11.1. The van der Waals surface area contributed by atoms with Gasteiger partial charge in [0.25, 0.3) is 0 Å². The zero-order valence-electron chi connectivity index (χ0n) is 22.1. The van der Waals surface area contributed by atoms with Crippen LogP contribution >= 0.6 is 0 Å². The van der Waals surface area contributed by atoms with E-state index in [1.54, 1.807) is 27.7 Å². The van der Waals surface area contributed by atoms with Crippen LogP contribution in [0.15, 0.2) is 24.7 Å². The van der Waals surface area contributed by atoms with Crippen molar-refractivity contribution in [3.8, 4) is 5.88 Å². The van der Waals surface area contributed by atoms with Crippen LogP contribution in [0.5, 0.6) is 5.88 Å². The first kappa shape index (κ1) is 27.7. The van der Waals surface area contributed by atoms with Crippen LogP contribution in [-0.2, 0) is 15.7 Å². The minimum Gasteiger partial charge on any atom is -0.481 e. The predicted molar refractivity (Wildman–Crippen MR) is 133 cm³/mol. The molecule has 2 aliphatic carbocycles. The standard InChI is InChI=1S/C26H34F3N5O4/c1-14(19-10-17(26(27,28)29)11-30-23(19)37-5)34-13-18(12-31-34)32-22(35)21(33-24(36)38-25(2,3)4)20(15-6-7-15)16-8-9-16/h10-16,20-21H,6-9H2,1-5H3,(H,32,35)(H,33,36)/t14?,21-/m0/s1. The van der Waals surface area contributed by atoms with Crippen LogP contribution in [0.2, 0.25) is 0 Å². The van der Waals surface area contributed by atoms with Gasteiger partial charge in [-0.2, -0.15) is 18.3 Å². The Balaban J connectivity index is 1.52. The van der Waals surface area contributed by atoms with E-state index < -0.39 is 35.5 Å². The number of nitrogens with one attached hydrogen (secondary N) is 2. The Morgan fingerprint density at radius 3 is 2.26 bits per heavy atom. The number of nitrogens with zero attached hydrogens (tertiary/aromatic N) is 3. The van der Waals surface area contributed by atoms with Gasteiger partial charge in [0.2, 0.25) is 11.8 Å². The van der Waals surface area contributed by atoms with Crippen molar-refractivity contribution in [1.29, 1.82) is 0 Å². The molecule has 0 radical (unpaired) electrons. The molecule has 0 spiro atoms. The Bertz CT molecular complexity index is 1160. The molecule has 12 heteroatoms. The Labute approximate surface area is 219 Å². The lowest BCUT2D eigenvalue weighted by molar-refractivity contribution is -0.138. The summed E-state index contributed by atoms with van der Waals surface area (Å²) in [6.45, 7) is 6.92. The van der Waals surface area contributed by atoms with Crippen molar-refractivity contribution in [2.75, 3.05) is 12.4 Å². The molecule has 1 unspecified atom stereocenters. The molecule has 0 aliphatic heterocycles. The molecule has 2 fully saturated rings. The Morgan fingerprint density at radius 1 is 1.11 bits per heavy atom. The number of halogens is 3. The van der Waals surface area contributed by atoms with Crippen molar-refractivity contribution >= 4 is 17.7 Å². The number of aromatic nitrogens is 3. The van der Waals surface area contributed by atoms with Crippen LogP contribution in [0.3, 0.4) is 0 Å². The lowest BCUT2D eigenvalue weighted by Crippen LogP contribution is -2.51. The van der Waals surface area contributed by atoms with Gasteiger partial charge in [0, 0.05) is 18.0 Å². The number of rotatable bonds is 9. The highest BCUT2D eigenvalue weighted by Crippen LogP contribution is 2.51. The van der Waals surface area contributed by atoms with Crippen molar-refractivity contribution < 1.29 is 32.2 Å². The van der Waals surface area contributed by atoms with Gasteiger partial charge in [-0.05, 0) is 77.2 Å². The highest BCUT2D eigenvalue weighted by atomic mass is 19.4. The first-order valence-electron chi connectivity index (χ1n) is 12.7. The Morgan fingerprint density at radius 2 is 1.74 bits per heavy atom. The van der Waals surface area contributed by atoms with Crippen LogP contribution in [0, 0.1) is 17.8 Å². The fraction of sp³-hybridized carbons (Fsp3) is 0.615. The monoisotopic (exact) mass is 537 g/mol. The van der Waals surface area contributed by atoms with Gasteiger partial charge < -0.3 is 20.1 Å². The number of hydrogen-bond donors (Lipinski definition) is 2. The molecular formula is C26H34F3N5O4. The first-order valence-corrected chi connectivity index (χ1v) is 12.7. The molecule has 9 nitrogen and oxygen atoms in total. The maximum Gasteiger partial charge on any atom is 0.417 e. The SMILES string of the molecule is COc1ncc(C(F)(F)F)cc1C(C)n1cc(NC(=O)[C@@H](NC(=O)OC(C)(C)C)C(C2CC2)C2CC2)cn1. The minimum absolute atomic E-state index is 0.0110. The third kappa shape index (κ3) is 6.76. The minimum atomic E-state index is -4.56. The quantitative estimate of drug-likeness (QED) is 0.456. The predicted octanol–water partition coefficient (Wildman–Crippen LogP) is 5.18. The highest BCUT2D eigenvalue weighted by molar-refractivity contribution is 5.96. The van der Waals surface area contributed by atoms with Crippen LogP contribution in [0.1, 0.15) is 70.5 Å². The van der Waals surface area contributed by atoms with Gasteiger partial charge in [-0.3, -0.25) is 9.48 Å². The third-order valence-corrected chi connectivity index (χ3v) is 6.79. The van der Waals surface area contributed by atoms with Gasteiger partial charge in [-0.25, -0.2) is 9.78 Å². The van der Waals surface area contributed by atoms with Crippen LogP contribution in [-0.4, -0.2) is 45.5 Å². The molecule has 2 N–H and O–H groups in total. The van der Waals surface area contributed by atoms with E-state index in [2.05, 4.69) is 20.7 Å². The van der Waals surface area contributed by atoms with Crippen molar-refractivity contribution in [2.45, 2.75) is 77.2 Å². The van der Waals surface area contributed by atoms with E-state index in [4.69, 9.17) is 9.47 Å². The third-order valence-electron chi connectivity index (χ3n) is 6.79. The highest BCUT2D eigenvalue weighted by Gasteiger charge is 2.48. The molecule has 0 saturated heterocycles. The molecule has 2 aromatic rings. The molecule has 2 heterocycles. The summed E-state index contributed by atoms with van der Waals surface area (Å²) in [4.78, 5) is 29.8. The number of carbonyl (C=O) groups excluding carboxylic acids is 2. The molecule has 2 saturated carbocycles. The van der Waals surface area contributed by atoms with Gasteiger partial charge in [-0.15, -0.1) is 0 Å². The lowest BCUT2D eigenvalue weighted by atomic mass is 9.89. The summed E-state index contributed by atoms with van der Waals surface area (Å²) >= 11 is 0. The summed E-state index contributed by atoms with van der Waals surface area (Å²) in [5, 5.41) is 9.87. The van der Waals surface area contributed by atoms with Crippen LogP contribution < -0.4 is 15.4 Å². The van der Waals surface area contributed by atoms with Crippen LogP contribution in [0.25, 0.3) is 0 Å². The van der Waals surface area contributed by atoms with Crippen LogP contribution in [0.4, 0.5) is 23.7 Å². The molecule has 2 atom stereocenters. The molecule has 2 amide bonds. The second kappa shape index (κ2) is 10.5. The maximum atomic E-state index is 13.5. The average molecular weight is 538 g/mol. The van der Waals surface area contributed by atoms with E-state index in [1.807, 2.05) is 0 Å². The number of amides is 2. The van der Waals surface area contributed by atoms with E-state index in [-0.39, 0.29) is 23.3 Å². The molecule has 2 aromatic heterocycles. The molecule has 208 valence electrons. The number of alkyl carbamates (subject to hydrolysis) is 1. The van der Waals surface area contributed by atoms with E-state index in [1.165, 1.54) is 24.2 Å². The summed E-state index contributed by atoms with van der Waals surface area (Å²) in [5.74, 6) is 0.417. The van der Waals surface area contributed by atoms with Gasteiger partial charge >= 0.3 is 12.3 Å². The molecule has 38 heavy (non-hydrogen) atoms. The molecular weight excluding hydrogens is 503 g/mol. The fourth-order valence-electron chi connectivity index (χ4n) is 4.73. The normalized spacial score (nSPS) is 17.6. The number of pyridine rings is 1. The number of alkyl halides is 3. The van der Waals surface area contributed by atoms with Crippen molar-refractivity contribution in [2.24, 2.45) is 17.8 Å². The van der Waals surface area contributed by atoms with Gasteiger partial charge in [0.05, 0.1) is 30.6 Å². The molecule has 2 aliphatic rings.